The van der Waals surface area contributed by atoms with E-state index in [4.69, 9.17) is 5.73 Å². The highest BCUT2D eigenvalue weighted by Crippen LogP contribution is 2.32. The molecule has 12 heteroatoms. The Morgan fingerprint density at radius 2 is 1.80 bits per heavy atom. The molecule has 1 aliphatic heterocycles. The predicted octanol–water partition coefficient (Wildman–Crippen LogP) is 2.20. The van der Waals surface area contributed by atoms with E-state index in [1.807, 2.05) is 24.3 Å². The lowest BCUT2D eigenvalue weighted by atomic mass is 9.90. The van der Waals surface area contributed by atoms with Gasteiger partial charge in [-0.3, -0.25) is 9.48 Å². The predicted molar refractivity (Wildman–Crippen MR) is 131 cm³/mol. The number of nitrogens with zero attached hydrogens (tertiary/aromatic N) is 5. The average molecular weight is 497 g/mol. The second kappa shape index (κ2) is 9.27. The number of nitrogens with two attached hydrogens (primary N) is 1. The van der Waals surface area contributed by atoms with Gasteiger partial charge in [0.2, 0.25) is 16.0 Å². The zero-order chi connectivity index (χ0) is 24.6. The van der Waals surface area contributed by atoms with Crippen LogP contribution in [0, 0.1) is 0 Å². The van der Waals surface area contributed by atoms with E-state index in [2.05, 4.69) is 25.7 Å². The van der Waals surface area contributed by atoms with E-state index in [0.717, 1.165) is 36.9 Å². The minimum absolute atomic E-state index is 0.232. The number of aryl methyl sites for hydroxylation is 1. The van der Waals surface area contributed by atoms with E-state index in [9.17, 15) is 13.2 Å². The summed E-state index contributed by atoms with van der Waals surface area (Å²) < 4.78 is 28.7. The van der Waals surface area contributed by atoms with Crippen LogP contribution in [0.25, 0.3) is 0 Å². The second-order valence-corrected chi connectivity index (χ2v) is 11.0. The third-order valence-electron chi connectivity index (χ3n) is 6.38. The van der Waals surface area contributed by atoms with Crippen molar-refractivity contribution in [1.29, 1.82) is 0 Å². The Morgan fingerprint density at radius 1 is 1.09 bits per heavy atom. The third kappa shape index (κ3) is 5.13. The van der Waals surface area contributed by atoms with E-state index < -0.39 is 15.9 Å². The van der Waals surface area contributed by atoms with E-state index in [1.54, 1.807) is 7.05 Å². The fourth-order valence-corrected chi connectivity index (χ4v) is 5.69. The molecule has 1 saturated carbocycles. The van der Waals surface area contributed by atoms with Crippen LogP contribution >= 0.6 is 0 Å². The number of hydrogen-bond acceptors (Lipinski definition) is 8. The molecule has 2 aromatic heterocycles. The maximum atomic E-state index is 12.8. The Labute approximate surface area is 203 Å². The number of aromatic nitrogens is 4. The van der Waals surface area contributed by atoms with Gasteiger partial charge in [-0.15, -0.1) is 0 Å². The molecule has 1 aromatic carbocycles. The maximum Gasteiger partial charge on any atom is 0.254 e. The smallest absolute Gasteiger partial charge is 0.254 e. The number of sulfonamides is 1. The van der Waals surface area contributed by atoms with Crippen LogP contribution in [0.3, 0.4) is 0 Å². The number of benzene rings is 1. The van der Waals surface area contributed by atoms with Crippen LogP contribution < -0.4 is 16.4 Å². The number of carbonyl (C=O) groups is 1. The highest BCUT2D eigenvalue weighted by atomic mass is 32.2. The van der Waals surface area contributed by atoms with Crippen molar-refractivity contribution in [1.82, 2.24) is 24.1 Å². The fraction of sp³-hybridized carbons (Fsp3) is 0.391. The number of piperidine rings is 1. The molecule has 5 rings (SSSR count). The Hall–Kier alpha value is -3.51. The van der Waals surface area contributed by atoms with Gasteiger partial charge in [-0.25, -0.2) is 13.4 Å². The molecule has 0 radical (unpaired) electrons. The number of primary amides is 1. The summed E-state index contributed by atoms with van der Waals surface area (Å²) in [5, 5.41) is 10.4. The summed E-state index contributed by atoms with van der Waals surface area (Å²) in [5.41, 5.74) is 7.69. The summed E-state index contributed by atoms with van der Waals surface area (Å²) in [6, 6.07) is 8.31. The SMILES string of the molecule is Cn1cc(S(=O)(=O)N2CCC(c3ccc(Nc4ncc(C(N)=O)c(NC5CC5)n4)cc3)CC2)cn1. The second-order valence-electron chi connectivity index (χ2n) is 9.01. The summed E-state index contributed by atoms with van der Waals surface area (Å²) in [7, 11) is -1.81. The summed E-state index contributed by atoms with van der Waals surface area (Å²) in [6.07, 6.45) is 7.94. The number of hydrogen-bond donors (Lipinski definition) is 3. The Morgan fingerprint density at radius 3 is 2.40 bits per heavy atom. The molecule has 11 nitrogen and oxygen atoms in total. The standard InChI is InChI=1S/C23H28N8O3S/c1-30-14-19(12-26-30)35(33,34)31-10-8-16(9-11-31)15-2-4-18(5-3-15)28-23-25-13-20(21(24)32)22(29-23)27-17-6-7-17/h2-5,12-14,16-17H,6-11H2,1H3,(H2,24,32)(H2,25,27,28,29). The molecule has 1 saturated heterocycles. The van der Waals surface area contributed by atoms with Gasteiger partial charge in [0, 0.05) is 44.3 Å². The van der Waals surface area contributed by atoms with Crippen LogP contribution in [0.2, 0.25) is 0 Å². The molecule has 0 bridgehead atoms. The lowest BCUT2D eigenvalue weighted by Crippen LogP contribution is -2.37. The van der Waals surface area contributed by atoms with E-state index in [-0.39, 0.29) is 16.4 Å². The van der Waals surface area contributed by atoms with Crippen molar-refractivity contribution in [3.63, 3.8) is 0 Å². The Kier molecular flexibility index (Phi) is 6.15. The monoisotopic (exact) mass is 496 g/mol. The van der Waals surface area contributed by atoms with E-state index >= 15 is 0 Å². The van der Waals surface area contributed by atoms with Crippen LogP contribution in [0.1, 0.15) is 47.5 Å². The molecular weight excluding hydrogens is 468 g/mol. The van der Waals surface area contributed by atoms with Crippen LogP contribution in [0.5, 0.6) is 0 Å². The van der Waals surface area contributed by atoms with Crippen molar-refractivity contribution in [3.05, 3.63) is 54.0 Å². The highest BCUT2D eigenvalue weighted by molar-refractivity contribution is 7.89. The minimum Gasteiger partial charge on any atom is -0.367 e. The van der Waals surface area contributed by atoms with Crippen molar-refractivity contribution in [2.45, 2.75) is 42.5 Å². The average Bonchev–Trinajstić information content (AvgIpc) is 3.55. The first-order chi connectivity index (χ1) is 16.8. The van der Waals surface area contributed by atoms with Gasteiger partial charge in [-0.05, 0) is 49.3 Å². The van der Waals surface area contributed by atoms with Crippen molar-refractivity contribution in [2.75, 3.05) is 23.7 Å². The molecule has 3 aromatic rings. The Balaban J connectivity index is 1.22. The summed E-state index contributed by atoms with van der Waals surface area (Å²) in [6.45, 7) is 0.942. The van der Waals surface area contributed by atoms with Crippen LogP contribution in [0.15, 0.2) is 47.8 Å². The molecule has 2 fully saturated rings. The number of anilines is 3. The van der Waals surface area contributed by atoms with Gasteiger partial charge in [0.05, 0.1) is 11.8 Å². The molecule has 3 heterocycles. The number of carbonyl (C=O) groups excluding carboxylic acids is 1. The first-order valence-electron chi connectivity index (χ1n) is 11.6. The molecule has 184 valence electrons. The molecule has 0 unspecified atom stereocenters. The van der Waals surface area contributed by atoms with Crippen molar-refractivity contribution >= 4 is 33.4 Å². The first kappa shape index (κ1) is 23.2. The van der Waals surface area contributed by atoms with Crippen LogP contribution in [-0.4, -0.2) is 57.5 Å². The zero-order valence-electron chi connectivity index (χ0n) is 19.4. The number of amides is 1. The first-order valence-corrected chi connectivity index (χ1v) is 13.0. The molecule has 4 N–H and O–H groups in total. The highest BCUT2D eigenvalue weighted by Gasteiger charge is 2.31. The van der Waals surface area contributed by atoms with Gasteiger partial charge in [-0.1, -0.05) is 12.1 Å². The quantitative estimate of drug-likeness (QED) is 0.430. The molecule has 1 amide bonds. The lowest BCUT2D eigenvalue weighted by molar-refractivity contribution is 0.100. The molecule has 2 aliphatic rings. The van der Waals surface area contributed by atoms with Gasteiger partial charge >= 0.3 is 0 Å². The molecule has 35 heavy (non-hydrogen) atoms. The summed E-state index contributed by atoms with van der Waals surface area (Å²) >= 11 is 0. The fourth-order valence-electron chi connectivity index (χ4n) is 4.23. The van der Waals surface area contributed by atoms with Crippen molar-refractivity contribution in [3.8, 4) is 0 Å². The van der Waals surface area contributed by atoms with Crippen LogP contribution in [0.4, 0.5) is 17.5 Å². The number of nitrogens with one attached hydrogen (secondary N) is 2. The molecule has 0 atom stereocenters. The topological polar surface area (TPSA) is 148 Å². The maximum absolute atomic E-state index is 12.8. The largest absolute Gasteiger partial charge is 0.367 e. The van der Waals surface area contributed by atoms with Gasteiger partial charge in [0.15, 0.2) is 0 Å². The lowest BCUT2D eigenvalue weighted by Gasteiger charge is -2.31. The van der Waals surface area contributed by atoms with E-state index in [0.29, 0.717) is 30.9 Å². The van der Waals surface area contributed by atoms with Gasteiger partial charge < -0.3 is 16.4 Å². The van der Waals surface area contributed by atoms with Crippen molar-refractivity contribution < 1.29 is 13.2 Å². The number of rotatable bonds is 8. The molecule has 1 aliphatic carbocycles. The normalized spacial score (nSPS) is 17.3. The molecule has 0 spiro atoms. The minimum atomic E-state index is -3.51. The van der Waals surface area contributed by atoms with Gasteiger partial charge in [-0.2, -0.15) is 14.4 Å². The third-order valence-corrected chi connectivity index (χ3v) is 8.24. The van der Waals surface area contributed by atoms with Gasteiger partial charge in [0.1, 0.15) is 10.7 Å². The molecular formula is C23H28N8O3S. The Bertz CT molecular complexity index is 1330. The summed E-state index contributed by atoms with van der Waals surface area (Å²) in [4.78, 5) is 20.6. The van der Waals surface area contributed by atoms with Gasteiger partial charge in [0.25, 0.3) is 5.91 Å². The van der Waals surface area contributed by atoms with E-state index in [1.165, 1.54) is 27.6 Å². The zero-order valence-corrected chi connectivity index (χ0v) is 20.2. The van der Waals surface area contributed by atoms with Crippen molar-refractivity contribution in [2.24, 2.45) is 12.8 Å². The van der Waals surface area contributed by atoms with Crippen LogP contribution in [-0.2, 0) is 17.1 Å². The summed E-state index contributed by atoms with van der Waals surface area (Å²) in [5.74, 6) is 0.537.